The van der Waals surface area contributed by atoms with E-state index in [4.69, 9.17) is 4.74 Å². The first-order valence-electron chi connectivity index (χ1n) is 6.48. The molecular formula is C16H16N2O. The Morgan fingerprint density at radius 2 is 1.79 bits per heavy atom. The van der Waals surface area contributed by atoms with Crippen molar-refractivity contribution in [3.63, 3.8) is 0 Å². The van der Waals surface area contributed by atoms with Crippen LogP contribution in [0.2, 0.25) is 0 Å². The molecular weight excluding hydrogens is 236 g/mol. The van der Waals surface area contributed by atoms with Crippen LogP contribution in [-0.4, -0.2) is 16.1 Å². The Balaban J connectivity index is 2.28. The Morgan fingerprint density at radius 1 is 1.00 bits per heavy atom. The van der Waals surface area contributed by atoms with E-state index < -0.39 is 0 Å². The van der Waals surface area contributed by atoms with E-state index in [2.05, 4.69) is 28.2 Å². The molecule has 0 saturated heterocycles. The highest BCUT2D eigenvalue weighted by Crippen LogP contribution is 2.26. The Hall–Kier alpha value is -2.16. The van der Waals surface area contributed by atoms with Crippen molar-refractivity contribution in [2.24, 2.45) is 0 Å². The maximum atomic E-state index is 5.69. The monoisotopic (exact) mass is 252 g/mol. The van der Waals surface area contributed by atoms with Crippen LogP contribution in [0.25, 0.3) is 21.8 Å². The van der Waals surface area contributed by atoms with Crippen molar-refractivity contribution in [1.82, 2.24) is 9.97 Å². The molecule has 3 rings (SSSR count). The number of fused-ring (bicyclic) bond motifs is 3. The van der Waals surface area contributed by atoms with Crippen LogP contribution < -0.4 is 4.74 Å². The lowest BCUT2D eigenvalue weighted by Crippen LogP contribution is -2.09. The average molecular weight is 252 g/mol. The van der Waals surface area contributed by atoms with E-state index in [1.807, 2.05) is 39.0 Å². The number of nitrogens with zero attached hydrogens (tertiary/aromatic N) is 2. The average Bonchev–Trinajstić information content (AvgIpc) is 2.39. The second-order valence-corrected chi connectivity index (χ2v) is 4.94. The number of benzene rings is 2. The summed E-state index contributed by atoms with van der Waals surface area (Å²) in [7, 11) is 0. The minimum Gasteiger partial charge on any atom is -0.474 e. The lowest BCUT2D eigenvalue weighted by atomic mass is 10.1. The zero-order valence-electron chi connectivity index (χ0n) is 11.3. The molecule has 0 amide bonds. The van der Waals surface area contributed by atoms with Crippen molar-refractivity contribution >= 4 is 21.8 Å². The third-order valence-corrected chi connectivity index (χ3v) is 3.04. The lowest BCUT2D eigenvalue weighted by molar-refractivity contribution is 0.230. The summed E-state index contributed by atoms with van der Waals surface area (Å²) in [4.78, 5) is 9.25. The summed E-state index contributed by atoms with van der Waals surface area (Å²) in [6.45, 7) is 5.92. The van der Waals surface area contributed by atoms with Gasteiger partial charge in [0.05, 0.1) is 17.1 Å². The van der Waals surface area contributed by atoms with Gasteiger partial charge in [0.2, 0.25) is 5.88 Å². The summed E-state index contributed by atoms with van der Waals surface area (Å²) in [6.07, 6.45) is 0.103. The number of aryl methyl sites for hydroxylation is 1. The number of rotatable bonds is 2. The van der Waals surface area contributed by atoms with E-state index in [9.17, 15) is 0 Å². The van der Waals surface area contributed by atoms with E-state index in [0.717, 1.165) is 22.1 Å². The summed E-state index contributed by atoms with van der Waals surface area (Å²) in [6, 6.07) is 12.3. The highest BCUT2D eigenvalue weighted by atomic mass is 16.5. The van der Waals surface area contributed by atoms with Crippen LogP contribution in [0, 0.1) is 6.92 Å². The second kappa shape index (κ2) is 4.50. The standard InChI is InChI=1S/C16H16N2O/c1-10(2)19-16-11(3)17-15-13-7-5-4-6-12(13)8-9-14(15)18-16/h4-10H,1-3H3. The zero-order chi connectivity index (χ0) is 13.4. The number of hydrogen-bond donors (Lipinski definition) is 0. The largest absolute Gasteiger partial charge is 0.474 e. The van der Waals surface area contributed by atoms with E-state index in [1.54, 1.807) is 0 Å². The van der Waals surface area contributed by atoms with Crippen LogP contribution >= 0.6 is 0 Å². The molecule has 0 fully saturated rings. The molecule has 0 atom stereocenters. The van der Waals surface area contributed by atoms with Gasteiger partial charge in [0, 0.05) is 5.39 Å². The smallest absolute Gasteiger partial charge is 0.236 e. The first kappa shape index (κ1) is 11.9. The molecule has 0 radical (unpaired) electrons. The normalized spacial score (nSPS) is 11.4. The van der Waals surface area contributed by atoms with Gasteiger partial charge in [-0.15, -0.1) is 0 Å². The molecule has 0 aliphatic heterocycles. The Bertz CT molecular complexity index is 750. The van der Waals surface area contributed by atoms with Crippen molar-refractivity contribution < 1.29 is 4.74 Å². The molecule has 3 aromatic rings. The molecule has 0 aliphatic rings. The van der Waals surface area contributed by atoms with E-state index in [1.165, 1.54) is 5.39 Å². The minimum absolute atomic E-state index is 0.103. The number of aromatic nitrogens is 2. The SMILES string of the molecule is Cc1nc2c(ccc3ccccc32)nc1OC(C)C. The topological polar surface area (TPSA) is 35.0 Å². The quantitative estimate of drug-likeness (QED) is 0.649. The van der Waals surface area contributed by atoms with Gasteiger partial charge in [0.1, 0.15) is 5.69 Å². The fraction of sp³-hybridized carbons (Fsp3) is 0.250. The Labute approximate surface area is 112 Å². The summed E-state index contributed by atoms with van der Waals surface area (Å²) in [5.41, 5.74) is 2.64. The van der Waals surface area contributed by atoms with Gasteiger partial charge in [-0.3, -0.25) is 0 Å². The highest BCUT2D eigenvalue weighted by molar-refractivity contribution is 6.03. The molecule has 1 aromatic heterocycles. The minimum atomic E-state index is 0.103. The number of hydrogen-bond acceptors (Lipinski definition) is 3. The second-order valence-electron chi connectivity index (χ2n) is 4.94. The van der Waals surface area contributed by atoms with E-state index >= 15 is 0 Å². The van der Waals surface area contributed by atoms with Crippen LogP contribution in [0.5, 0.6) is 5.88 Å². The fourth-order valence-electron chi connectivity index (χ4n) is 2.19. The van der Waals surface area contributed by atoms with Crippen molar-refractivity contribution in [2.45, 2.75) is 26.9 Å². The van der Waals surface area contributed by atoms with E-state index in [0.29, 0.717) is 5.88 Å². The Kier molecular flexibility index (Phi) is 2.82. The van der Waals surface area contributed by atoms with Crippen molar-refractivity contribution in [2.75, 3.05) is 0 Å². The van der Waals surface area contributed by atoms with Gasteiger partial charge in [-0.25, -0.2) is 9.97 Å². The number of ether oxygens (including phenoxy) is 1. The van der Waals surface area contributed by atoms with Gasteiger partial charge in [-0.2, -0.15) is 0 Å². The van der Waals surface area contributed by atoms with Gasteiger partial charge in [0.25, 0.3) is 0 Å². The van der Waals surface area contributed by atoms with Crippen molar-refractivity contribution in [1.29, 1.82) is 0 Å². The molecule has 3 heteroatoms. The molecule has 0 N–H and O–H groups in total. The first-order chi connectivity index (χ1) is 9.15. The lowest BCUT2D eigenvalue weighted by Gasteiger charge is -2.12. The Morgan fingerprint density at radius 3 is 2.58 bits per heavy atom. The molecule has 1 heterocycles. The molecule has 96 valence electrons. The predicted molar refractivity (Wildman–Crippen MR) is 77.5 cm³/mol. The molecule has 19 heavy (non-hydrogen) atoms. The zero-order valence-corrected chi connectivity index (χ0v) is 11.3. The summed E-state index contributed by atoms with van der Waals surface area (Å²) in [5, 5.41) is 2.31. The van der Waals surface area contributed by atoms with E-state index in [-0.39, 0.29) is 6.10 Å². The van der Waals surface area contributed by atoms with Gasteiger partial charge in [-0.1, -0.05) is 30.3 Å². The molecule has 0 unspecified atom stereocenters. The maximum absolute atomic E-state index is 5.69. The molecule has 0 spiro atoms. The summed E-state index contributed by atoms with van der Waals surface area (Å²) < 4.78 is 5.69. The summed E-state index contributed by atoms with van der Waals surface area (Å²) in [5.74, 6) is 0.623. The van der Waals surface area contributed by atoms with Crippen LogP contribution in [0.15, 0.2) is 36.4 Å². The molecule has 3 nitrogen and oxygen atoms in total. The molecule has 2 aromatic carbocycles. The first-order valence-corrected chi connectivity index (χ1v) is 6.48. The predicted octanol–water partition coefficient (Wildman–Crippen LogP) is 3.88. The fourth-order valence-corrected chi connectivity index (χ4v) is 2.19. The molecule has 0 bridgehead atoms. The summed E-state index contributed by atoms with van der Waals surface area (Å²) >= 11 is 0. The third kappa shape index (κ3) is 2.12. The highest BCUT2D eigenvalue weighted by Gasteiger charge is 2.10. The molecule has 0 aliphatic carbocycles. The van der Waals surface area contributed by atoms with Crippen molar-refractivity contribution in [3.8, 4) is 5.88 Å². The van der Waals surface area contributed by atoms with Crippen LogP contribution in [0.3, 0.4) is 0 Å². The third-order valence-electron chi connectivity index (χ3n) is 3.04. The van der Waals surface area contributed by atoms with Gasteiger partial charge in [0.15, 0.2) is 0 Å². The molecule has 0 saturated carbocycles. The maximum Gasteiger partial charge on any atom is 0.236 e. The van der Waals surface area contributed by atoms with Gasteiger partial charge < -0.3 is 4.74 Å². The van der Waals surface area contributed by atoms with Gasteiger partial charge in [-0.05, 0) is 32.2 Å². The van der Waals surface area contributed by atoms with Crippen LogP contribution in [-0.2, 0) is 0 Å². The van der Waals surface area contributed by atoms with Crippen LogP contribution in [0.4, 0.5) is 0 Å². The van der Waals surface area contributed by atoms with Gasteiger partial charge >= 0.3 is 0 Å². The van der Waals surface area contributed by atoms with Crippen molar-refractivity contribution in [3.05, 3.63) is 42.1 Å². The van der Waals surface area contributed by atoms with Crippen LogP contribution in [0.1, 0.15) is 19.5 Å².